The summed E-state index contributed by atoms with van der Waals surface area (Å²) >= 11 is 0. The van der Waals surface area contributed by atoms with Crippen LogP contribution in [0.3, 0.4) is 0 Å². The zero-order chi connectivity index (χ0) is 18.9. The molecule has 0 radical (unpaired) electrons. The highest BCUT2D eigenvalue weighted by molar-refractivity contribution is 6.24. The number of rotatable bonds is 3. The zero-order valence-electron chi connectivity index (χ0n) is 15.0. The predicted octanol–water partition coefficient (Wildman–Crippen LogP) is 1.59. The van der Waals surface area contributed by atoms with Crippen LogP contribution in [0.4, 0.5) is 0 Å². The van der Waals surface area contributed by atoms with Crippen LogP contribution in [0.1, 0.15) is 39.0 Å². The van der Waals surface area contributed by atoms with Gasteiger partial charge in [-0.15, -0.1) is 0 Å². The third-order valence-corrected chi connectivity index (χ3v) is 4.69. The summed E-state index contributed by atoms with van der Waals surface area (Å²) in [5, 5.41) is 0. The molecule has 1 spiro atoms. The van der Waals surface area contributed by atoms with Crippen LogP contribution in [0.25, 0.3) is 0 Å². The van der Waals surface area contributed by atoms with Crippen LogP contribution in [0.5, 0.6) is 0 Å². The Hall–Kier alpha value is -2.64. The van der Waals surface area contributed by atoms with E-state index in [0.717, 1.165) is 32.1 Å². The number of methoxy groups -OCH3 is 2. The average molecular weight is 363 g/mol. The molecule has 26 heavy (non-hydrogen) atoms. The maximum atomic E-state index is 12.4. The summed E-state index contributed by atoms with van der Waals surface area (Å²) in [6.45, 7) is 1.53. The monoisotopic (exact) mass is 363 g/mol. The summed E-state index contributed by atoms with van der Waals surface area (Å²) < 4.78 is 20.7. The van der Waals surface area contributed by atoms with Gasteiger partial charge in [0.15, 0.2) is 0 Å². The van der Waals surface area contributed by atoms with Crippen molar-refractivity contribution in [2.75, 3.05) is 14.2 Å². The van der Waals surface area contributed by atoms with Crippen LogP contribution in [0.2, 0.25) is 0 Å². The quantitative estimate of drug-likeness (QED) is 0.554. The van der Waals surface area contributed by atoms with Crippen LogP contribution in [0, 0.1) is 0 Å². The van der Waals surface area contributed by atoms with E-state index in [-0.39, 0.29) is 28.7 Å². The van der Waals surface area contributed by atoms with Crippen molar-refractivity contribution < 1.29 is 33.3 Å². The molecule has 0 N–H and O–H groups in total. The predicted molar refractivity (Wildman–Crippen MR) is 89.0 cm³/mol. The highest BCUT2D eigenvalue weighted by Gasteiger charge is 2.57. The lowest BCUT2D eigenvalue weighted by Crippen LogP contribution is -2.35. The first-order chi connectivity index (χ1) is 12.4. The minimum absolute atomic E-state index is 0.0327. The van der Waals surface area contributed by atoms with Crippen LogP contribution < -0.4 is 0 Å². The fraction of sp³-hybridized carbons (Fsp3) is 0.556. The Labute approximate surface area is 150 Å². The van der Waals surface area contributed by atoms with Gasteiger partial charge in [-0.25, -0.2) is 19.4 Å². The molecule has 2 heterocycles. The van der Waals surface area contributed by atoms with Crippen molar-refractivity contribution in [2.24, 2.45) is 4.99 Å². The van der Waals surface area contributed by atoms with Gasteiger partial charge in [0.1, 0.15) is 11.1 Å². The van der Waals surface area contributed by atoms with E-state index in [0.29, 0.717) is 0 Å². The lowest BCUT2D eigenvalue weighted by Gasteiger charge is -2.23. The second kappa shape index (κ2) is 6.93. The van der Waals surface area contributed by atoms with Crippen molar-refractivity contribution in [3.8, 4) is 0 Å². The average Bonchev–Trinajstić information content (AvgIpc) is 3.09. The summed E-state index contributed by atoms with van der Waals surface area (Å²) in [6.07, 6.45) is 6.27. The van der Waals surface area contributed by atoms with Gasteiger partial charge in [0.25, 0.3) is 0 Å². The number of aliphatic imine (C=N–C) groups is 1. The Kier molecular flexibility index (Phi) is 4.84. The van der Waals surface area contributed by atoms with Gasteiger partial charge in [0.2, 0.25) is 5.90 Å². The van der Waals surface area contributed by atoms with Crippen molar-refractivity contribution in [3.05, 3.63) is 22.8 Å². The zero-order valence-corrected chi connectivity index (χ0v) is 15.0. The Morgan fingerprint density at radius 2 is 1.77 bits per heavy atom. The van der Waals surface area contributed by atoms with Gasteiger partial charge in [-0.05, 0) is 19.8 Å². The van der Waals surface area contributed by atoms with Gasteiger partial charge in [-0.2, -0.15) is 0 Å². The second-order valence-corrected chi connectivity index (χ2v) is 6.45. The normalized spacial score (nSPS) is 27.4. The fourth-order valence-electron chi connectivity index (χ4n) is 3.40. The van der Waals surface area contributed by atoms with Crippen LogP contribution in [-0.4, -0.2) is 49.9 Å². The van der Waals surface area contributed by atoms with Gasteiger partial charge in [-0.1, -0.05) is 19.3 Å². The van der Waals surface area contributed by atoms with E-state index in [4.69, 9.17) is 18.9 Å². The topological polar surface area (TPSA) is 100 Å². The molecule has 1 atom stereocenters. The number of ether oxygens (including phenoxy) is 4. The highest BCUT2D eigenvalue weighted by Crippen LogP contribution is 2.42. The van der Waals surface area contributed by atoms with Crippen LogP contribution in [0.15, 0.2) is 27.8 Å². The minimum Gasteiger partial charge on any atom is -0.465 e. The summed E-state index contributed by atoms with van der Waals surface area (Å²) in [7, 11) is 2.36. The van der Waals surface area contributed by atoms with E-state index in [9.17, 15) is 14.4 Å². The van der Waals surface area contributed by atoms with Gasteiger partial charge in [0, 0.05) is 11.6 Å². The third-order valence-electron chi connectivity index (χ3n) is 4.69. The first-order valence-corrected chi connectivity index (χ1v) is 8.53. The molecule has 0 aromatic carbocycles. The molecule has 140 valence electrons. The molecule has 0 amide bonds. The Balaban J connectivity index is 2.13. The number of esters is 3. The van der Waals surface area contributed by atoms with Gasteiger partial charge in [0.05, 0.1) is 20.3 Å². The number of hydrogen-bond acceptors (Lipinski definition) is 8. The van der Waals surface area contributed by atoms with Crippen LogP contribution in [-0.2, 0) is 33.3 Å². The SMILES string of the molecule is COC(=O)C1=C(C(=O)OC)C2(C=C(C)C(=O)O2)OC1=NC1CCCCC1. The number of hydrogen-bond donors (Lipinski definition) is 0. The maximum absolute atomic E-state index is 12.4. The first kappa shape index (κ1) is 18.2. The smallest absolute Gasteiger partial charge is 0.344 e. The molecule has 0 aromatic rings. The molecule has 1 fully saturated rings. The number of carbonyl (C=O) groups is 3. The second-order valence-electron chi connectivity index (χ2n) is 6.45. The standard InChI is InChI=1S/C18H21NO7/c1-10-9-18(26-15(10)20)13(17(22)24-3)12(16(21)23-2)14(25-18)19-11-7-5-4-6-8-11/h9,11H,4-8H2,1-3H3. The van der Waals surface area contributed by atoms with Gasteiger partial charge in [-0.3, -0.25) is 0 Å². The molecule has 1 aliphatic carbocycles. The van der Waals surface area contributed by atoms with E-state index >= 15 is 0 Å². The third kappa shape index (κ3) is 3.00. The molecule has 1 unspecified atom stereocenters. The Bertz CT molecular complexity index is 743. The van der Waals surface area contributed by atoms with E-state index in [1.807, 2.05) is 0 Å². The molecule has 3 aliphatic rings. The lowest BCUT2D eigenvalue weighted by atomic mass is 9.96. The summed E-state index contributed by atoms with van der Waals surface area (Å²) in [4.78, 5) is 41.3. The number of nitrogens with zero attached hydrogens (tertiary/aromatic N) is 1. The molecular formula is C18H21NO7. The van der Waals surface area contributed by atoms with Crippen molar-refractivity contribution in [3.63, 3.8) is 0 Å². The van der Waals surface area contributed by atoms with E-state index in [1.165, 1.54) is 27.2 Å². The fourth-order valence-corrected chi connectivity index (χ4v) is 3.40. The maximum Gasteiger partial charge on any atom is 0.344 e. The molecule has 1 saturated carbocycles. The summed E-state index contributed by atoms with van der Waals surface area (Å²) in [5.41, 5.74) is -0.134. The van der Waals surface area contributed by atoms with Gasteiger partial charge < -0.3 is 18.9 Å². The van der Waals surface area contributed by atoms with Crippen LogP contribution >= 0.6 is 0 Å². The largest absolute Gasteiger partial charge is 0.465 e. The molecule has 3 rings (SSSR count). The van der Waals surface area contributed by atoms with Crippen molar-refractivity contribution in [2.45, 2.75) is 50.9 Å². The highest BCUT2D eigenvalue weighted by atomic mass is 16.7. The summed E-state index contributed by atoms with van der Waals surface area (Å²) in [6, 6.07) is -0.0327. The van der Waals surface area contributed by atoms with Gasteiger partial charge >= 0.3 is 23.7 Å². The Morgan fingerprint density at radius 3 is 2.31 bits per heavy atom. The molecular weight excluding hydrogens is 342 g/mol. The van der Waals surface area contributed by atoms with E-state index in [1.54, 1.807) is 0 Å². The van der Waals surface area contributed by atoms with Crippen molar-refractivity contribution in [1.29, 1.82) is 0 Å². The van der Waals surface area contributed by atoms with E-state index < -0.39 is 23.7 Å². The molecule has 8 heteroatoms. The Morgan fingerprint density at radius 1 is 1.12 bits per heavy atom. The van der Waals surface area contributed by atoms with Crippen molar-refractivity contribution in [1.82, 2.24) is 0 Å². The lowest BCUT2D eigenvalue weighted by molar-refractivity contribution is -0.166. The molecule has 0 saturated heterocycles. The summed E-state index contributed by atoms with van der Waals surface area (Å²) in [5.74, 6) is -4.19. The van der Waals surface area contributed by atoms with Crippen molar-refractivity contribution >= 4 is 23.8 Å². The molecule has 2 aliphatic heterocycles. The minimum atomic E-state index is -1.84. The molecule has 0 bridgehead atoms. The number of carbonyl (C=O) groups excluding carboxylic acids is 3. The molecule has 0 aromatic heterocycles. The first-order valence-electron chi connectivity index (χ1n) is 8.53. The van der Waals surface area contributed by atoms with E-state index in [2.05, 4.69) is 4.99 Å². The molecule has 8 nitrogen and oxygen atoms in total.